The number of nitrogens with one attached hydrogen (secondary N) is 2. The summed E-state index contributed by atoms with van der Waals surface area (Å²) in [5, 5.41) is 6.31. The molecule has 0 aromatic heterocycles. The van der Waals surface area contributed by atoms with E-state index in [2.05, 4.69) is 15.5 Å². The van der Waals surface area contributed by atoms with Crippen LogP contribution in [0.4, 0.5) is 5.69 Å². The molecule has 0 amide bonds. The van der Waals surface area contributed by atoms with Crippen LogP contribution >= 0.6 is 0 Å². The van der Waals surface area contributed by atoms with E-state index in [1.54, 1.807) is 7.05 Å². The molecule has 0 spiro atoms. The number of carbonyl (C=O) groups excluding carboxylic acids is 1. The van der Waals surface area contributed by atoms with Crippen LogP contribution in [-0.4, -0.2) is 45.1 Å². The predicted octanol–water partition coefficient (Wildman–Crippen LogP) is 0.887. The molecule has 2 N–H and O–H groups in total. The van der Waals surface area contributed by atoms with Crippen LogP contribution in [0.5, 0.6) is 0 Å². The summed E-state index contributed by atoms with van der Waals surface area (Å²) in [5.74, 6) is 0.143. The van der Waals surface area contributed by atoms with Crippen molar-refractivity contribution in [2.24, 2.45) is 0 Å². The summed E-state index contributed by atoms with van der Waals surface area (Å²) in [7, 11) is 1.80. The highest BCUT2D eigenvalue weighted by Gasteiger charge is 2.14. The number of piperazine rings is 1. The van der Waals surface area contributed by atoms with Crippen molar-refractivity contribution >= 4 is 11.5 Å². The predicted molar refractivity (Wildman–Crippen MR) is 74.4 cm³/mol. The third kappa shape index (κ3) is 2.89. The molecule has 0 aliphatic carbocycles. The van der Waals surface area contributed by atoms with E-state index >= 15 is 0 Å². The molecule has 0 bridgehead atoms. The molecule has 1 aromatic carbocycles. The second-order valence-corrected chi connectivity index (χ2v) is 4.66. The zero-order valence-electron chi connectivity index (χ0n) is 11.1. The molecule has 0 radical (unpaired) electrons. The minimum atomic E-state index is -0.130. The summed E-state index contributed by atoms with van der Waals surface area (Å²) in [6, 6.07) is 7.80. The van der Waals surface area contributed by atoms with E-state index in [0.29, 0.717) is 0 Å². The summed E-state index contributed by atoms with van der Waals surface area (Å²) in [5.41, 5.74) is 1.97. The average Bonchev–Trinajstić information content (AvgIpc) is 2.47. The summed E-state index contributed by atoms with van der Waals surface area (Å²) >= 11 is 0. The van der Waals surface area contributed by atoms with Gasteiger partial charge in [0.25, 0.3) is 0 Å². The van der Waals surface area contributed by atoms with E-state index in [-0.39, 0.29) is 11.8 Å². The number of nitrogens with zero attached hydrogens (tertiary/aromatic N) is 1. The quantitative estimate of drug-likeness (QED) is 0.776. The number of carbonyl (C=O) groups is 1. The Bertz CT molecular complexity index is 396. The number of ketones is 1. The van der Waals surface area contributed by atoms with Gasteiger partial charge in [0.15, 0.2) is 5.78 Å². The van der Waals surface area contributed by atoms with Crippen LogP contribution in [0.1, 0.15) is 17.3 Å². The van der Waals surface area contributed by atoms with Gasteiger partial charge in [-0.3, -0.25) is 4.79 Å². The standard InChI is InChI=1S/C14H21N3O/c1-11(15-2)14(18)12-3-5-13(6-4-12)17-9-7-16-8-10-17/h3-6,11,15-16H,7-10H2,1-2H3. The van der Waals surface area contributed by atoms with Crippen molar-refractivity contribution in [1.29, 1.82) is 0 Å². The third-order valence-electron chi connectivity index (χ3n) is 3.46. The Morgan fingerprint density at radius 3 is 2.44 bits per heavy atom. The molecule has 1 heterocycles. The van der Waals surface area contributed by atoms with Crippen molar-refractivity contribution in [2.75, 3.05) is 38.1 Å². The van der Waals surface area contributed by atoms with Crippen molar-refractivity contribution in [3.63, 3.8) is 0 Å². The van der Waals surface area contributed by atoms with Crippen LogP contribution in [0.3, 0.4) is 0 Å². The summed E-state index contributed by atoms with van der Waals surface area (Å²) in [6.45, 7) is 5.99. The Balaban J connectivity index is 2.07. The van der Waals surface area contributed by atoms with Crippen molar-refractivity contribution in [3.8, 4) is 0 Å². The Morgan fingerprint density at radius 2 is 1.89 bits per heavy atom. The van der Waals surface area contributed by atoms with Crippen LogP contribution in [-0.2, 0) is 0 Å². The molecule has 4 nitrogen and oxygen atoms in total. The zero-order chi connectivity index (χ0) is 13.0. The van der Waals surface area contributed by atoms with Crippen LogP contribution in [0.2, 0.25) is 0 Å². The van der Waals surface area contributed by atoms with E-state index in [1.165, 1.54) is 5.69 Å². The van der Waals surface area contributed by atoms with E-state index in [9.17, 15) is 4.79 Å². The number of hydrogen-bond acceptors (Lipinski definition) is 4. The summed E-state index contributed by atoms with van der Waals surface area (Å²) < 4.78 is 0. The molecule has 18 heavy (non-hydrogen) atoms. The van der Waals surface area contributed by atoms with Crippen molar-refractivity contribution in [1.82, 2.24) is 10.6 Å². The van der Waals surface area contributed by atoms with E-state index in [0.717, 1.165) is 31.7 Å². The zero-order valence-corrected chi connectivity index (χ0v) is 11.1. The Labute approximate surface area is 108 Å². The van der Waals surface area contributed by atoms with Gasteiger partial charge in [-0.2, -0.15) is 0 Å². The van der Waals surface area contributed by atoms with Gasteiger partial charge in [0, 0.05) is 37.4 Å². The Morgan fingerprint density at radius 1 is 1.28 bits per heavy atom. The van der Waals surface area contributed by atoms with Gasteiger partial charge in [0.1, 0.15) is 0 Å². The van der Waals surface area contributed by atoms with E-state index < -0.39 is 0 Å². The highest BCUT2D eigenvalue weighted by molar-refractivity contribution is 6.00. The first-order valence-electron chi connectivity index (χ1n) is 6.49. The minimum Gasteiger partial charge on any atom is -0.369 e. The lowest BCUT2D eigenvalue weighted by molar-refractivity contribution is 0.0955. The number of Topliss-reactive ketones (excluding diaryl/α,β-unsaturated/α-hetero) is 1. The number of likely N-dealkylation sites (N-methyl/N-ethyl adjacent to an activating group) is 1. The molecule has 4 heteroatoms. The number of hydrogen-bond donors (Lipinski definition) is 2. The Kier molecular flexibility index (Phi) is 4.33. The van der Waals surface area contributed by atoms with Crippen LogP contribution in [0.15, 0.2) is 24.3 Å². The first-order valence-corrected chi connectivity index (χ1v) is 6.49. The molecule has 1 saturated heterocycles. The molecular weight excluding hydrogens is 226 g/mol. The first kappa shape index (κ1) is 13.1. The van der Waals surface area contributed by atoms with E-state index in [4.69, 9.17) is 0 Å². The SMILES string of the molecule is CNC(C)C(=O)c1ccc(N2CCNCC2)cc1. The monoisotopic (exact) mass is 247 g/mol. The van der Waals surface area contributed by atoms with Crippen molar-refractivity contribution in [2.45, 2.75) is 13.0 Å². The van der Waals surface area contributed by atoms with Crippen molar-refractivity contribution in [3.05, 3.63) is 29.8 Å². The molecule has 1 aliphatic rings. The van der Waals surface area contributed by atoms with Gasteiger partial charge in [-0.15, -0.1) is 0 Å². The fourth-order valence-electron chi connectivity index (χ4n) is 2.14. The van der Waals surface area contributed by atoms with E-state index in [1.807, 2.05) is 31.2 Å². The lowest BCUT2D eigenvalue weighted by atomic mass is 10.0. The maximum Gasteiger partial charge on any atom is 0.179 e. The van der Waals surface area contributed by atoms with Gasteiger partial charge in [0.2, 0.25) is 0 Å². The van der Waals surface area contributed by atoms with Gasteiger partial charge in [-0.05, 0) is 38.2 Å². The number of anilines is 1. The van der Waals surface area contributed by atoms with Crippen LogP contribution < -0.4 is 15.5 Å². The molecular formula is C14H21N3O. The lowest BCUT2D eigenvalue weighted by Gasteiger charge is -2.29. The van der Waals surface area contributed by atoms with Gasteiger partial charge in [-0.25, -0.2) is 0 Å². The molecule has 1 unspecified atom stereocenters. The fraction of sp³-hybridized carbons (Fsp3) is 0.500. The smallest absolute Gasteiger partial charge is 0.179 e. The second kappa shape index (κ2) is 5.98. The van der Waals surface area contributed by atoms with Gasteiger partial charge >= 0.3 is 0 Å². The molecule has 1 aromatic rings. The number of rotatable bonds is 4. The molecule has 1 aliphatic heterocycles. The molecule has 2 rings (SSSR count). The van der Waals surface area contributed by atoms with Crippen LogP contribution in [0, 0.1) is 0 Å². The summed E-state index contributed by atoms with van der Waals surface area (Å²) in [4.78, 5) is 14.3. The highest BCUT2D eigenvalue weighted by atomic mass is 16.1. The average molecular weight is 247 g/mol. The highest BCUT2D eigenvalue weighted by Crippen LogP contribution is 2.16. The fourth-order valence-corrected chi connectivity index (χ4v) is 2.14. The number of benzene rings is 1. The molecule has 98 valence electrons. The lowest BCUT2D eigenvalue weighted by Crippen LogP contribution is -2.43. The normalized spacial score (nSPS) is 17.6. The third-order valence-corrected chi connectivity index (χ3v) is 3.46. The van der Waals surface area contributed by atoms with Gasteiger partial charge in [-0.1, -0.05) is 0 Å². The largest absolute Gasteiger partial charge is 0.369 e. The minimum absolute atomic E-state index is 0.130. The second-order valence-electron chi connectivity index (χ2n) is 4.66. The Hall–Kier alpha value is -1.39. The van der Waals surface area contributed by atoms with Crippen LogP contribution in [0.25, 0.3) is 0 Å². The van der Waals surface area contributed by atoms with Gasteiger partial charge in [0.05, 0.1) is 6.04 Å². The maximum atomic E-state index is 12.0. The first-order chi connectivity index (χ1) is 8.72. The topological polar surface area (TPSA) is 44.4 Å². The molecule has 1 fully saturated rings. The molecule has 1 atom stereocenters. The molecule has 0 saturated carbocycles. The maximum absolute atomic E-state index is 12.0. The van der Waals surface area contributed by atoms with Crippen molar-refractivity contribution < 1.29 is 4.79 Å². The summed E-state index contributed by atoms with van der Waals surface area (Å²) in [6.07, 6.45) is 0. The van der Waals surface area contributed by atoms with Gasteiger partial charge < -0.3 is 15.5 Å².